The highest BCUT2D eigenvalue weighted by atomic mass is 32.1. The molecular weight excluding hydrogens is 336 g/mol. The molecule has 0 radical (unpaired) electrons. The number of primary amides is 1. The average molecular weight is 356 g/mol. The third kappa shape index (κ3) is 6.27. The molecule has 0 fully saturated rings. The van der Waals surface area contributed by atoms with Crippen LogP contribution in [-0.4, -0.2) is 29.9 Å². The molecule has 2 rings (SSSR count). The van der Waals surface area contributed by atoms with E-state index >= 15 is 0 Å². The monoisotopic (exact) mass is 356 g/mol. The third-order valence-electron chi connectivity index (χ3n) is 3.27. The first-order chi connectivity index (χ1) is 12.1. The van der Waals surface area contributed by atoms with Crippen LogP contribution in [0.2, 0.25) is 0 Å². The molecule has 5 nitrogen and oxygen atoms in total. The van der Waals surface area contributed by atoms with Crippen LogP contribution in [0.1, 0.15) is 10.4 Å². The second kappa shape index (κ2) is 9.44. The molecule has 0 aliphatic carbocycles. The molecule has 1 heterocycles. The van der Waals surface area contributed by atoms with Gasteiger partial charge in [-0.1, -0.05) is 24.3 Å². The quantitative estimate of drug-likeness (QED) is 0.555. The van der Waals surface area contributed by atoms with Crippen molar-refractivity contribution in [3.63, 3.8) is 0 Å². The van der Waals surface area contributed by atoms with Crippen LogP contribution in [-0.2, 0) is 16.1 Å². The maximum Gasteiger partial charge on any atom is 0.255 e. The Morgan fingerprint density at radius 3 is 2.60 bits per heavy atom. The number of benzene rings is 1. The second-order valence-corrected chi connectivity index (χ2v) is 6.28. The van der Waals surface area contributed by atoms with Crippen molar-refractivity contribution in [3.05, 3.63) is 70.9 Å². The number of hydrogen-bond donors (Lipinski definition) is 1. The summed E-state index contributed by atoms with van der Waals surface area (Å²) in [5.41, 5.74) is 5.88. The van der Waals surface area contributed by atoms with E-state index in [1.165, 1.54) is 6.08 Å². The lowest BCUT2D eigenvalue weighted by atomic mass is 10.2. The number of carbonyl (C=O) groups excluding carboxylic acids is 2. The molecule has 0 aliphatic rings. The Morgan fingerprint density at radius 1 is 1.24 bits per heavy atom. The third-order valence-corrected chi connectivity index (χ3v) is 4.13. The number of hydrogen-bond acceptors (Lipinski definition) is 4. The van der Waals surface area contributed by atoms with Crippen molar-refractivity contribution >= 4 is 29.2 Å². The van der Waals surface area contributed by atoms with Crippen LogP contribution in [0.25, 0.3) is 6.08 Å². The smallest absolute Gasteiger partial charge is 0.255 e. The minimum Gasteiger partial charge on any atom is -0.484 e. The van der Waals surface area contributed by atoms with E-state index in [2.05, 4.69) is 6.58 Å². The van der Waals surface area contributed by atoms with Gasteiger partial charge in [0.05, 0.1) is 6.54 Å². The van der Waals surface area contributed by atoms with Gasteiger partial charge >= 0.3 is 0 Å². The first kappa shape index (κ1) is 18.5. The Hall–Kier alpha value is -2.86. The van der Waals surface area contributed by atoms with E-state index in [9.17, 15) is 9.59 Å². The van der Waals surface area contributed by atoms with Gasteiger partial charge in [0, 0.05) is 17.5 Å². The number of thiophene rings is 1. The Bertz CT molecular complexity index is 737. The van der Waals surface area contributed by atoms with E-state index in [-0.39, 0.29) is 12.5 Å². The van der Waals surface area contributed by atoms with Crippen LogP contribution in [0.3, 0.4) is 0 Å². The summed E-state index contributed by atoms with van der Waals surface area (Å²) in [6.45, 7) is 4.60. The first-order valence-electron chi connectivity index (χ1n) is 7.70. The average Bonchev–Trinajstić information content (AvgIpc) is 3.11. The highest BCUT2D eigenvalue weighted by Crippen LogP contribution is 2.15. The molecule has 25 heavy (non-hydrogen) atoms. The summed E-state index contributed by atoms with van der Waals surface area (Å²) in [5, 5.41) is 1.99. The van der Waals surface area contributed by atoms with Gasteiger partial charge in [0.1, 0.15) is 5.75 Å². The zero-order chi connectivity index (χ0) is 18.1. The van der Waals surface area contributed by atoms with Crippen molar-refractivity contribution in [2.75, 3.05) is 13.2 Å². The fourth-order valence-corrected chi connectivity index (χ4v) is 2.80. The molecule has 130 valence electrons. The lowest BCUT2D eigenvalue weighted by molar-refractivity contribution is -0.126. The van der Waals surface area contributed by atoms with Crippen molar-refractivity contribution in [3.8, 4) is 5.75 Å². The molecule has 0 spiro atoms. The fourth-order valence-electron chi connectivity index (χ4n) is 2.08. The van der Waals surface area contributed by atoms with Gasteiger partial charge < -0.3 is 15.4 Å². The molecule has 6 heteroatoms. The predicted molar refractivity (Wildman–Crippen MR) is 100 cm³/mol. The van der Waals surface area contributed by atoms with Crippen LogP contribution in [0.4, 0.5) is 0 Å². The Morgan fingerprint density at radius 2 is 2.00 bits per heavy atom. The first-order valence-corrected chi connectivity index (χ1v) is 8.58. The maximum atomic E-state index is 12.4. The molecule has 1 aromatic carbocycles. The van der Waals surface area contributed by atoms with E-state index < -0.39 is 5.91 Å². The maximum absolute atomic E-state index is 12.4. The normalized spacial score (nSPS) is 10.6. The largest absolute Gasteiger partial charge is 0.484 e. The molecule has 0 bridgehead atoms. The predicted octanol–water partition coefficient (Wildman–Crippen LogP) is 2.84. The van der Waals surface area contributed by atoms with Gasteiger partial charge in [-0.15, -0.1) is 17.9 Å². The summed E-state index contributed by atoms with van der Waals surface area (Å²) in [6.07, 6.45) is 4.99. The standard InChI is InChI=1S/C19H20N2O3S/c1-2-11-21(13-17-4-3-12-25-17)19(23)10-7-15-5-8-16(9-6-15)24-14-18(20)22/h2-10,12H,1,11,13-14H2,(H2,20,22)/b10-7-. The summed E-state index contributed by atoms with van der Waals surface area (Å²) >= 11 is 1.62. The molecule has 0 aliphatic heterocycles. The van der Waals surface area contributed by atoms with Crippen molar-refractivity contribution in [2.45, 2.75) is 6.54 Å². The van der Waals surface area contributed by atoms with E-state index in [4.69, 9.17) is 10.5 Å². The zero-order valence-corrected chi connectivity index (χ0v) is 14.6. The second-order valence-electron chi connectivity index (χ2n) is 5.24. The molecule has 0 atom stereocenters. The summed E-state index contributed by atoms with van der Waals surface area (Å²) in [6, 6.07) is 11.0. The molecule has 2 N–H and O–H groups in total. The van der Waals surface area contributed by atoms with Crippen molar-refractivity contribution in [1.29, 1.82) is 0 Å². The van der Waals surface area contributed by atoms with Gasteiger partial charge in [0.2, 0.25) is 5.91 Å². The number of nitrogens with zero attached hydrogens (tertiary/aromatic N) is 1. The molecular formula is C19H20N2O3S. The topological polar surface area (TPSA) is 72.6 Å². The van der Waals surface area contributed by atoms with Gasteiger partial charge in [-0.3, -0.25) is 9.59 Å². The fraction of sp³-hybridized carbons (Fsp3) is 0.158. The van der Waals surface area contributed by atoms with Gasteiger partial charge in [0.25, 0.3) is 5.91 Å². The van der Waals surface area contributed by atoms with Crippen LogP contribution in [0, 0.1) is 0 Å². The highest BCUT2D eigenvalue weighted by molar-refractivity contribution is 7.09. The van der Waals surface area contributed by atoms with Gasteiger partial charge in [-0.05, 0) is 35.2 Å². The number of rotatable bonds is 9. The van der Waals surface area contributed by atoms with Crippen LogP contribution < -0.4 is 10.5 Å². The van der Waals surface area contributed by atoms with Crippen molar-refractivity contribution < 1.29 is 14.3 Å². The molecule has 2 amide bonds. The molecule has 0 saturated carbocycles. The summed E-state index contributed by atoms with van der Waals surface area (Å²) < 4.78 is 5.19. The van der Waals surface area contributed by atoms with Gasteiger partial charge in [-0.25, -0.2) is 0 Å². The zero-order valence-electron chi connectivity index (χ0n) is 13.8. The Labute approximate surface area is 151 Å². The Balaban J connectivity index is 1.96. The lowest BCUT2D eigenvalue weighted by Gasteiger charge is -2.18. The Kier molecular flexibility index (Phi) is 6.98. The van der Waals surface area contributed by atoms with Crippen molar-refractivity contribution in [2.24, 2.45) is 5.73 Å². The van der Waals surface area contributed by atoms with Crippen LogP contribution >= 0.6 is 11.3 Å². The SMILES string of the molecule is C=CCN(Cc1cccs1)C(=O)/C=C\c1ccc(OCC(N)=O)cc1. The molecule has 0 saturated heterocycles. The summed E-state index contributed by atoms with van der Waals surface area (Å²) in [4.78, 5) is 25.9. The number of ether oxygens (including phenoxy) is 1. The van der Waals surface area contributed by atoms with E-state index in [1.807, 2.05) is 17.5 Å². The van der Waals surface area contributed by atoms with E-state index in [0.29, 0.717) is 18.8 Å². The van der Waals surface area contributed by atoms with Crippen LogP contribution in [0.15, 0.2) is 60.5 Å². The molecule has 1 aromatic heterocycles. The summed E-state index contributed by atoms with van der Waals surface area (Å²) in [5.74, 6) is -0.0572. The van der Waals surface area contributed by atoms with Crippen molar-refractivity contribution in [1.82, 2.24) is 4.90 Å². The highest BCUT2D eigenvalue weighted by Gasteiger charge is 2.10. The lowest BCUT2D eigenvalue weighted by Crippen LogP contribution is -2.28. The van der Waals surface area contributed by atoms with Crippen LogP contribution in [0.5, 0.6) is 5.75 Å². The summed E-state index contributed by atoms with van der Waals surface area (Å²) in [7, 11) is 0. The van der Waals surface area contributed by atoms with Gasteiger partial charge in [0.15, 0.2) is 6.61 Å². The van der Waals surface area contributed by atoms with E-state index in [0.717, 1.165) is 10.4 Å². The molecule has 0 unspecified atom stereocenters. The minimum atomic E-state index is -0.525. The number of amides is 2. The molecule has 2 aromatic rings. The van der Waals surface area contributed by atoms with Gasteiger partial charge in [-0.2, -0.15) is 0 Å². The number of nitrogens with two attached hydrogens (primary N) is 1. The van der Waals surface area contributed by atoms with E-state index in [1.54, 1.807) is 52.7 Å². The minimum absolute atomic E-state index is 0.0812. The number of carbonyl (C=O) groups is 2.